The Balaban J connectivity index is 2.15. The van der Waals surface area contributed by atoms with E-state index < -0.39 is 17.0 Å². The van der Waals surface area contributed by atoms with Crippen molar-refractivity contribution in [1.29, 1.82) is 0 Å². The van der Waals surface area contributed by atoms with Crippen LogP contribution in [0.1, 0.15) is 29.3 Å². The summed E-state index contributed by atoms with van der Waals surface area (Å²) in [7, 11) is 5.74. The number of nitrogens with one attached hydrogen (secondary N) is 1. The first-order chi connectivity index (χ1) is 12.7. The fraction of sp³-hybridized carbons (Fsp3) is 0.421. The Morgan fingerprint density at radius 2 is 1.78 bits per heavy atom. The van der Waals surface area contributed by atoms with Crippen molar-refractivity contribution < 1.29 is 4.79 Å². The second-order valence-corrected chi connectivity index (χ2v) is 6.83. The maximum absolute atomic E-state index is 12.6. The summed E-state index contributed by atoms with van der Waals surface area (Å²) < 4.78 is 1.23. The van der Waals surface area contributed by atoms with Gasteiger partial charge in [-0.2, -0.15) is 0 Å². The van der Waals surface area contributed by atoms with Crippen LogP contribution in [0.5, 0.6) is 0 Å². The van der Waals surface area contributed by atoms with E-state index in [9.17, 15) is 14.4 Å². The van der Waals surface area contributed by atoms with Crippen LogP contribution < -0.4 is 21.9 Å². The molecular formula is C19H27N5O3. The highest BCUT2D eigenvalue weighted by Gasteiger charge is 2.20. The molecule has 0 spiro atoms. The van der Waals surface area contributed by atoms with E-state index in [0.717, 1.165) is 11.3 Å². The molecule has 1 heterocycles. The fourth-order valence-electron chi connectivity index (χ4n) is 2.89. The average molecular weight is 373 g/mol. The summed E-state index contributed by atoms with van der Waals surface area (Å²) in [5, 5.41) is 0. The molecular weight excluding hydrogens is 346 g/mol. The summed E-state index contributed by atoms with van der Waals surface area (Å²) in [4.78, 5) is 42.6. The van der Waals surface area contributed by atoms with Gasteiger partial charge in [0.2, 0.25) is 0 Å². The summed E-state index contributed by atoms with van der Waals surface area (Å²) in [6.07, 6.45) is 0.659. The number of carbonyl (C=O) groups excluding carboxylic acids is 1. The topological polar surface area (TPSA) is 104 Å². The predicted octanol–water partition coefficient (Wildman–Crippen LogP) is 0.909. The number of hydrogen-bond donors (Lipinski definition) is 2. The van der Waals surface area contributed by atoms with Gasteiger partial charge in [-0.05, 0) is 31.2 Å². The van der Waals surface area contributed by atoms with Crippen molar-refractivity contribution in [2.75, 3.05) is 38.3 Å². The SMILES string of the molecule is CCCn1c(N)c(C(=O)CN(C)Cc2ccc(N(C)C)cc2)c(=O)[nH]c1=O. The molecule has 8 nitrogen and oxygen atoms in total. The molecule has 0 unspecified atom stereocenters. The Morgan fingerprint density at radius 3 is 2.33 bits per heavy atom. The van der Waals surface area contributed by atoms with Gasteiger partial charge in [-0.15, -0.1) is 0 Å². The third-order valence-electron chi connectivity index (χ3n) is 4.28. The molecule has 0 bridgehead atoms. The van der Waals surface area contributed by atoms with Crippen molar-refractivity contribution in [3.8, 4) is 0 Å². The number of H-pyrrole nitrogens is 1. The minimum absolute atomic E-state index is 0.0209. The number of ketones is 1. The van der Waals surface area contributed by atoms with Crippen LogP contribution in [0.4, 0.5) is 11.5 Å². The van der Waals surface area contributed by atoms with E-state index in [1.807, 2.05) is 50.2 Å². The van der Waals surface area contributed by atoms with E-state index in [0.29, 0.717) is 19.5 Å². The van der Waals surface area contributed by atoms with Crippen molar-refractivity contribution in [2.24, 2.45) is 0 Å². The number of aromatic nitrogens is 2. The van der Waals surface area contributed by atoms with Crippen LogP contribution in [0.2, 0.25) is 0 Å². The molecule has 146 valence electrons. The number of nitrogen functional groups attached to an aromatic ring is 1. The van der Waals surface area contributed by atoms with E-state index in [-0.39, 0.29) is 17.9 Å². The van der Waals surface area contributed by atoms with Crippen molar-refractivity contribution in [3.63, 3.8) is 0 Å². The smallest absolute Gasteiger partial charge is 0.329 e. The number of nitrogens with zero attached hydrogens (tertiary/aromatic N) is 3. The highest BCUT2D eigenvalue weighted by molar-refractivity contribution is 6.01. The lowest BCUT2D eigenvalue weighted by molar-refractivity contribution is 0.0941. The van der Waals surface area contributed by atoms with Gasteiger partial charge in [-0.1, -0.05) is 19.1 Å². The maximum atomic E-state index is 12.6. The molecule has 1 aromatic carbocycles. The Morgan fingerprint density at radius 1 is 1.15 bits per heavy atom. The largest absolute Gasteiger partial charge is 0.384 e. The van der Waals surface area contributed by atoms with E-state index in [1.165, 1.54) is 4.57 Å². The monoisotopic (exact) mass is 373 g/mol. The molecule has 0 aliphatic carbocycles. The van der Waals surface area contributed by atoms with Crippen LogP contribution in [0, 0.1) is 0 Å². The molecule has 8 heteroatoms. The van der Waals surface area contributed by atoms with E-state index >= 15 is 0 Å². The first-order valence-electron chi connectivity index (χ1n) is 8.85. The zero-order chi connectivity index (χ0) is 20.1. The van der Waals surface area contributed by atoms with Gasteiger partial charge >= 0.3 is 5.69 Å². The predicted molar refractivity (Wildman–Crippen MR) is 107 cm³/mol. The molecule has 0 saturated carbocycles. The molecule has 0 amide bonds. The fourth-order valence-corrected chi connectivity index (χ4v) is 2.89. The third kappa shape index (κ3) is 4.85. The normalized spacial score (nSPS) is 11.0. The molecule has 0 atom stereocenters. The average Bonchev–Trinajstić information content (AvgIpc) is 2.58. The molecule has 0 saturated heterocycles. The molecule has 3 N–H and O–H groups in total. The summed E-state index contributed by atoms with van der Waals surface area (Å²) in [6, 6.07) is 8.01. The first-order valence-corrected chi connectivity index (χ1v) is 8.85. The standard InChI is InChI=1S/C19H27N5O3/c1-5-10-24-17(20)16(18(26)21-19(24)27)15(25)12-23(4)11-13-6-8-14(9-7-13)22(2)3/h6-9H,5,10-12,20H2,1-4H3,(H,21,26,27). The Labute approximate surface area is 158 Å². The Bertz CT molecular complexity index is 912. The highest BCUT2D eigenvalue weighted by atomic mass is 16.2. The molecule has 27 heavy (non-hydrogen) atoms. The number of likely N-dealkylation sites (N-methyl/N-ethyl adjacent to an activating group) is 1. The molecule has 0 aliphatic heterocycles. The van der Waals surface area contributed by atoms with E-state index in [1.54, 1.807) is 11.9 Å². The number of Topliss-reactive ketones (excluding diaryl/α,β-unsaturated/α-hetero) is 1. The lowest BCUT2D eigenvalue weighted by Crippen LogP contribution is -2.38. The summed E-state index contributed by atoms with van der Waals surface area (Å²) in [5.74, 6) is -0.481. The van der Waals surface area contributed by atoms with Crippen LogP contribution >= 0.6 is 0 Å². The van der Waals surface area contributed by atoms with Crippen molar-refractivity contribution in [1.82, 2.24) is 14.5 Å². The molecule has 0 aliphatic rings. The van der Waals surface area contributed by atoms with Gasteiger partial charge in [0.1, 0.15) is 11.4 Å². The van der Waals surface area contributed by atoms with E-state index in [4.69, 9.17) is 5.73 Å². The van der Waals surface area contributed by atoms with Crippen molar-refractivity contribution in [2.45, 2.75) is 26.4 Å². The van der Waals surface area contributed by atoms with Gasteiger partial charge in [0.15, 0.2) is 5.78 Å². The molecule has 1 aromatic heterocycles. The number of carbonyl (C=O) groups is 1. The third-order valence-corrected chi connectivity index (χ3v) is 4.28. The second-order valence-electron chi connectivity index (χ2n) is 6.83. The quantitative estimate of drug-likeness (QED) is 0.667. The van der Waals surface area contributed by atoms with Gasteiger partial charge in [0.05, 0.1) is 6.54 Å². The number of aromatic amines is 1. The molecule has 2 rings (SSSR count). The van der Waals surface area contributed by atoms with Crippen molar-refractivity contribution in [3.05, 3.63) is 56.2 Å². The number of anilines is 2. The lowest BCUT2D eigenvalue weighted by Gasteiger charge is -2.18. The highest BCUT2D eigenvalue weighted by Crippen LogP contribution is 2.14. The second kappa shape index (κ2) is 8.68. The number of rotatable bonds is 8. The lowest BCUT2D eigenvalue weighted by atomic mass is 10.1. The summed E-state index contributed by atoms with van der Waals surface area (Å²) in [5.41, 5.74) is 6.60. The first kappa shape index (κ1) is 20.4. The van der Waals surface area contributed by atoms with Gasteiger partial charge in [-0.3, -0.25) is 24.0 Å². The minimum Gasteiger partial charge on any atom is -0.384 e. The van der Waals surface area contributed by atoms with Gasteiger partial charge in [-0.25, -0.2) is 4.79 Å². The number of hydrogen-bond acceptors (Lipinski definition) is 6. The summed E-state index contributed by atoms with van der Waals surface area (Å²) in [6.45, 7) is 2.79. The zero-order valence-corrected chi connectivity index (χ0v) is 16.3. The number of benzene rings is 1. The van der Waals surface area contributed by atoms with Crippen LogP contribution in [0.15, 0.2) is 33.9 Å². The maximum Gasteiger partial charge on any atom is 0.329 e. The van der Waals surface area contributed by atoms with Gasteiger partial charge in [0, 0.05) is 32.9 Å². The van der Waals surface area contributed by atoms with Crippen molar-refractivity contribution >= 4 is 17.3 Å². The number of nitrogens with two attached hydrogens (primary N) is 1. The van der Waals surface area contributed by atoms with Gasteiger partial charge < -0.3 is 10.6 Å². The zero-order valence-electron chi connectivity index (χ0n) is 16.3. The minimum atomic E-state index is -0.737. The van der Waals surface area contributed by atoms with Crippen LogP contribution in [0.25, 0.3) is 0 Å². The van der Waals surface area contributed by atoms with Crippen LogP contribution in [0.3, 0.4) is 0 Å². The Kier molecular flexibility index (Phi) is 6.57. The van der Waals surface area contributed by atoms with E-state index in [2.05, 4.69) is 4.98 Å². The van der Waals surface area contributed by atoms with Gasteiger partial charge in [0.25, 0.3) is 5.56 Å². The van der Waals surface area contributed by atoms with Crippen LogP contribution in [-0.4, -0.2) is 47.9 Å². The molecule has 0 radical (unpaired) electrons. The molecule has 0 fully saturated rings. The van der Waals surface area contributed by atoms with Crippen LogP contribution in [-0.2, 0) is 13.1 Å². The summed E-state index contributed by atoms with van der Waals surface area (Å²) >= 11 is 0. The molecule has 2 aromatic rings. The Hall–Kier alpha value is -2.87.